The SMILES string of the molecule is CC1(C)C2([N+](=O)[O-])CN3CC1([N+](=O)[O-])CN(C2)C3c1cccs1. The van der Waals surface area contributed by atoms with Gasteiger partial charge in [-0.25, -0.2) is 0 Å². The molecule has 0 radical (unpaired) electrons. The van der Waals surface area contributed by atoms with E-state index in [1.807, 2.05) is 27.3 Å². The molecule has 4 bridgehead atoms. The number of rotatable bonds is 3. The van der Waals surface area contributed by atoms with Crippen LogP contribution >= 0.6 is 11.3 Å². The second-order valence-electron chi connectivity index (χ2n) is 7.40. The maximum Gasteiger partial charge on any atom is 0.259 e. The Hall–Kier alpha value is -1.58. The minimum Gasteiger partial charge on any atom is -0.269 e. The molecule has 0 aliphatic carbocycles. The van der Waals surface area contributed by atoms with E-state index in [9.17, 15) is 20.2 Å². The van der Waals surface area contributed by atoms with E-state index in [1.165, 1.54) is 0 Å². The molecule has 0 spiro atoms. The van der Waals surface area contributed by atoms with Crippen LogP contribution in [0, 0.1) is 25.6 Å². The maximum absolute atomic E-state index is 12.0. The summed E-state index contributed by atoms with van der Waals surface area (Å²) in [5, 5.41) is 25.9. The van der Waals surface area contributed by atoms with Gasteiger partial charge in [-0.2, -0.15) is 0 Å². The summed E-state index contributed by atoms with van der Waals surface area (Å²) in [4.78, 5) is 28.4. The van der Waals surface area contributed by atoms with Crippen molar-refractivity contribution in [1.82, 2.24) is 9.80 Å². The molecule has 0 atom stereocenters. The van der Waals surface area contributed by atoms with E-state index in [1.54, 1.807) is 25.2 Å². The standard InChI is InChI=1S/C14H18N4O4S/c1-12(2)13(17(19)20)6-15-8-14(12,18(21)22)9-16(7-13)11(15)10-4-3-5-23-10/h3-5,11H,6-9H2,1-2H3. The molecule has 4 fully saturated rings. The van der Waals surface area contributed by atoms with Crippen molar-refractivity contribution in [3.05, 3.63) is 42.6 Å². The van der Waals surface area contributed by atoms with E-state index in [0.29, 0.717) is 0 Å². The predicted molar refractivity (Wildman–Crippen MR) is 83.4 cm³/mol. The highest BCUT2D eigenvalue weighted by Gasteiger charge is 2.81. The number of hydrogen-bond acceptors (Lipinski definition) is 7. The zero-order chi connectivity index (χ0) is 16.6. The third kappa shape index (κ3) is 1.52. The van der Waals surface area contributed by atoms with Crippen LogP contribution in [-0.4, -0.2) is 56.9 Å². The van der Waals surface area contributed by atoms with Crippen molar-refractivity contribution >= 4 is 11.3 Å². The van der Waals surface area contributed by atoms with Gasteiger partial charge in [0.05, 0.1) is 32.3 Å². The van der Waals surface area contributed by atoms with Gasteiger partial charge in [-0.15, -0.1) is 11.3 Å². The molecular weight excluding hydrogens is 320 g/mol. The largest absolute Gasteiger partial charge is 0.269 e. The van der Waals surface area contributed by atoms with Gasteiger partial charge in [0.15, 0.2) is 0 Å². The van der Waals surface area contributed by atoms with E-state index >= 15 is 0 Å². The van der Waals surface area contributed by atoms with Crippen LogP contribution in [0.4, 0.5) is 0 Å². The molecule has 0 amide bonds. The number of thiophene rings is 1. The summed E-state index contributed by atoms with van der Waals surface area (Å²) in [6.07, 6.45) is -0.0766. The quantitative estimate of drug-likeness (QED) is 0.612. The predicted octanol–water partition coefficient (Wildman–Crippen LogP) is 1.45. The molecule has 4 aliphatic rings. The second kappa shape index (κ2) is 4.28. The first-order valence-corrected chi connectivity index (χ1v) is 8.44. The zero-order valence-corrected chi connectivity index (χ0v) is 13.8. The summed E-state index contributed by atoms with van der Waals surface area (Å²) in [7, 11) is 0. The molecule has 1 aromatic rings. The number of hydrogen-bond donors (Lipinski definition) is 0. The average molecular weight is 338 g/mol. The number of nitrogens with zero attached hydrogens (tertiary/aromatic N) is 4. The first-order valence-electron chi connectivity index (χ1n) is 7.56. The topological polar surface area (TPSA) is 92.8 Å². The van der Waals surface area contributed by atoms with Crippen LogP contribution in [0.25, 0.3) is 0 Å². The second-order valence-corrected chi connectivity index (χ2v) is 8.38. The summed E-state index contributed by atoms with van der Waals surface area (Å²) in [5.74, 6) is 0. The fourth-order valence-electron chi connectivity index (χ4n) is 4.84. The molecule has 8 nitrogen and oxygen atoms in total. The van der Waals surface area contributed by atoms with Crippen LogP contribution in [0.3, 0.4) is 0 Å². The third-order valence-electron chi connectivity index (χ3n) is 6.37. The van der Waals surface area contributed by atoms with Crippen LogP contribution in [-0.2, 0) is 0 Å². The smallest absolute Gasteiger partial charge is 0.259 e. The number of piperidine rings is 2. The minimum absolute atomic E-state index is 0.0766. The Balaban J connectivity index is 1.87. The molecule has 124 valence electrons. The van der Waals surface area contributed by atoms with E-state index in [0.717, 1.165) is 4.88 Å². The van der Waals surface area contributed by atoms with Crippen LogP contribution in [0.2, 0.25) is 0 Å². The Kier molecular flexibility index (Phi) is 2.79. The maximum atomic E-state index is 12.0. The van der Waals surface area contributed by atoms with Crippen molar-refractivity contribution in [1.29, 1.82) is 0 Å². The first kappa shape index (κ1) is 15.0. The van der Waals surface area contributed by atoms with E-state index in [4.69, 9.17) is 0 Å². The van der Waals surface area contributed by atoms with Crippen LogP contribution in [0.5, 0.6) is 0 Å². The fraction of sp³-hybridized carbons (Fsp3) is 0.714. The van der Waals surface area contributed by atoms with Gasteiger partial charge in [0.25, 0.3) is 11.1 Å². The third-order valence-corrected chi connectivity index (χ3v) is 7.29. The Labute approximate surface area is 137 Å². The van der Waals surface area contributed by atoms with Gasteiger partial charge in [0.1, 0.15) is 5.41 Å². The first-order chi connectivity index (χ1) is 10.8. The highest BCUT2D eigenvalue weighted by Crippen LogP contribution is 2.58. The molecule has 0 unspecified atom stereocenters. The molecule has 0 N–H and O–H groups in total. The lowest BCUT2D eigenvalue weighted by atomic mass is 9.53. The lowest BCUT2D eigenvalue weighted by molar-refractivity contribution is -0.679. The Morgan fingerprint density at radius 3 is 1.91 bits per heavy atom. The summed E-state index contributed by atoms with van der Waals surface area (Å²) < 4.78 is 0. The van der Waals surface area contributed by atoms with Crippen LogP contribution in [0.1, 0.15) is 24.9 Å². The summed E-state index contributed by atoms with van der Waals surface area (Å²) in [6, 6.07) is 3.95. The Bertz CT molecular complexity index is 637. The molecule has 5 heterocycles. The highest BCUT2D eigenvalue weighted by atomic mass is 32.1. The fourth-order valence-corrected chi connectivity index (χ4v) is 5.73. The lowest BCUT2D eigenvalue weighted by Crippen LogP contribution is -2.88. The van der Waals surface area contributed by atoms with Crippen molar-refractivity contribution < 1.29 is 9.85 Å². The van der Waals surface area contributed by atoms with Gasteiger partial charge in [0.2, 0.25) is 0 Å². The van der Waals surface area contributed by atoms with Gasteiger partial charge in [-0.05, 0) is 25.3 Å². The molecule has 4 aliphatic heterocycles. The molecule has 0 aromatic carbocycles. The minimum atomic E-state index is -1.30. The van der Waals surface area contributed by atoms with Gasteiger partial charge in [0, 0.05) is 14.7 Å². The van der Waals surface area contributed by atoms with Gasteiger partial charge in [-0.3, -0.25) is 30.0 Å². The average Bonchev–Trinajstić information content (AvgIpc) is 2.96. The normalized spacial score (nSPS) is 43.5. The van der Waals surface area contributed by atoms with Crippen molar-refractivity contribution in [3.8, 4) is 0 Å². The highest BCUT2D eigenvalue weighted by molar-refractivity contribution is 7.10. The molecule has 9 heteroatoms. The molecule has 5 rings (SSSR count). The van der Waals surface area contributed by atoms with Crippen molar-refractivity contribution in [2.45, 2.75) is 31.1 Å². The summed E-state index contributed by atoms with van der Waals surface area (Å²) >= 11 is 1.59. The monoisotopic (exact) mass is 338 g/mol. The lowest BCUT2D eigenvalue weighted by Gasteiger charge is -2.65. The Morgan fingerprint density at radius 2 is 1.57 bits per heavy atom. The van der Waals surface area contributed by atoms with Crippen LogP contribution in [0.15, 0.2) is 17.5 Å². The van der Waals surface area contributed by atoms with Crippen molar-refractivity contribution in [2.24, 2.45) is 5.41 Å². The Morgan fingerprint density at radius 1 is 1.09 bits per heavy atom. The van der Waals surface area contributed by atoms with Gasteiger partial charge >= 0.3 is 0 Å². The van der Waals surface area contributed by atoms with E-state index in [2.05, 4.69) is 0 Å². The zero-order valence-electron chi connectivity index (χ0n) is 13.0. The van der Waals surface area contributed by atoms with E-state index in [-0.39, 0.29) is 42.2 Å². The molecule has 23 heavy (non-hydrogen) atoms. The van der Waals surface area contributed by atoms with Crippen LogP contribution < -0.4 is 0 Å². The molecular formula is C14H18N4O4S. The molecule has 4 saturated heterocycles. The van der Waals surface area contributed by atoms with Gasteiger partial charge < -0.3 is 0 Å². The summed E-state index contributed by atoms with van der Waals surface area (Å²) in [5.41, 5.74) is -3.60. The number of nitro groups is 2. The van der Waals surface area contributed by atoms with Crippen molar-refractivity contribution in [2.75, 3.05) is 26.2 Å². The summed E-state index contributed by atoms with van der Waals surface area (Å²) in [6.45, 7) is 4.48. The molecule has 1 aromatic heterocycles. The van der Waals surface area contributed by atoms with Crippen molar-refractivity contribution in [3.63, 3.8) is 0 Å². The van der Waals surface area contributed by atoms with Gasteiger partial charge in [-0.1, -0.05) is 6.07 Å². The molecule has 0 saturated carbocycles. The van der Waals surface area contributed by atoms with E-state index < -0.39 is 16.5 Å².